The molecule has 2 fully saturated rings. The Balaban J connectivity index is 1.11. The lowest BCUT2D eigenvalue weighted by atomic mass is 9.66. The number of ketones is 1. The number of nitrogens with zero attached hydrogens (tertiary/aromatic N) is 1. The minimum atomic E-state index is -0.535. The number of benzene rings is 2. The lowest BCUT2D eigenvalue weighted by molar-refractivity contribution is 0.0418. The first-order valence-corrected chi connectivity index (χ1v) is 16.1. The van der Waals surface area contributed by atoms with Crippen LogP contribution < -0.4 is 5.32 Å². The van der Waals surface area contributed by atoms with Crippen molar-refractivity contribution in [1.29, 1.82) is 0 Å². The Morgan fingerprint density at radius 2 is 1.37 bits per heavy atom. The molecular formula is C36H42N2O5. The Kier molecular flexibility index (Phi) is 7.86. The summed E-state index contributed by atoms with van der Waals surface area (Å²) in [4.78, 5) is 65.9. The third-order valence-electron chi connectivity index (χ3n) is 11.1. The molecule has 0 spiro atoms. The topological polar surface area (TPSA) is 101 Å². The van der Waals surface area contributed by atoms with Crippen molar-refractivity contribution >= 4 is 29.4 Å². The lowest BCUT2D eigenvalue weighted by Gasteiger charge is -2.42. The maximum atomic E-state index is 13.6. The summed E-state index contributed by atoms with van der Waals surface area (Å²) in [5.74, 6) is 2.05. The first-order chi connectivity index (χ1) is 20.6. The molecule has 0 saturated heterocycles. The second-order valence-corrected chi connectivity index (χ2v) is 13.8. The minimum Gasteiger partial charge on any atom is -0.289 e. The van der Waals surface area contributed by atoms with Crippen LogP contribution in [0, 0.1) is 35.5 Å². The molecule has 6 rings (SSSR count). The molecule has 0 radical (unpaired) electrons. The van der Waals surface area contributed by atoms with Gasteiger partial charge in [-0.2, -0.15) is 0 Å². The summed E-state index contributed by atoms with van der Waals surface area (Å²) in [7, 11) is 0. The first kappa shape index (κ1) is 29.5. The van der Waals surface area contributed by atoms with Crippen LogP contribution in [0.25, 0.3) is 0 Å². The SMILES string of the molecule is CCC(C)C1CCC(CC2CCC(N3C(=O)c4ccc(C(=O)c5ccc6c(c5)C(=O)NC6=O)cc4C3=O)C(C)C2)CC1C. The molecule has 4 amide bonds. The Labute approximate surface area is 253 Å². The largest absolute Gasteiger partial charge is 0.289 e. The van der Waals surface area contributed by atoms with E-state index in [4.69, 9.17) is 0 Å². The van der Waals surface area contributed by atoms with Gasteiger partial charge in [-0.05, 0) is 98.3 Å². The number of hydrogen-bond acceptors (Lipinski definition) is 5. The standard InChI is InChI=1S/C36H42N2O5/c1-5-19(2)26-10-6-22(14-20(26)3)16-23-7-13-31(21(4)15-23)38-35(42)28-12-9-25(18-30(28)36(38)43)32(39)24-8-11-27-29(17-24)34(41)37-33(27)40/h8-9,11-12,17-23,26,31H,5-7,10,13-16H2,1-4H3,(H,37,40,41). The van der Waals surface area contributed by atoms with Gasteiger partial charge in [0, 0.05) is 17.2 Å². The molecular weight excluding hydrogens is 540 g/mol. The van der Waals surface area contributed by atoms with Crippen molar-refractivity contribution in [1.82, 2.24) is 10.2 Å². The van der Waals surface area contributed by atoms with Gasteiger partial charge in [0.1, 0.15) is 0 Å². The summed E-state index contributed by atoms with van der Waals surface area (Å²) in [5, 5.41) is 2.23. The van der Waals surface area contributed by atoms with Gasteiger partial charge in [-0.25, -0.2) is 0 Å². The van der Waals surface area contributed by atoms with E-state index in [0.717, 1.165) is 42.9 Å². The number of carbonyl (C=O) groups is 5. The van der Waals surface area contributed by atoms with Gasteiger partial charge in [0.15, 0.2) is 5.78 Å². The average molecular weight is 583 g/mol. The summed E-state index contributed by atoms with van der Waals surface area (Å²) in [5.41, 5.74) is 1.49. The average Bonchev–Trinajstić information content (AvgIpc) is 3.42. The predicted molar refractivity (Wildman–Crippen MR) is 163 cm³/mol. The fraction of sp³-hybridized carbons (Fsp3) is 0.528. The van der Waals surface area contributed by atoms with Crippen molar-refractivity contribution in [3.63, 3.8) is 0 Å². The highest BCUT2D eigenvalue weighted by molar-refractivity contribution is 6.24. The summed E-state index contributed by atoms with van der Waals surface area (Å²) < 4.78 is 0. The molecule has 2 aliphatic carbocycles. The molecule has 2 saturated carbocycles. The maximum absolute atomic E-state index is 13.6. The minimum absolute atomic E-state index is 0.143. The normalized spacial score (nSPS) is 29.3. The van der Waals surface area contributed by atoms with Crippen LogP contribution in [0.3, 0.4) is 0 Å². The van der Waals surface area contributed by atoms with E-state index in [1.165, 1.54) is 61.3 Å². The van der Waals surface area contributed by atoms with Gasteiger partial charge >= 0.3 is 0 Å². The van der Waals surface area contributed by atoms with Gasteiger partial charge < -0.3 is 0 Å². The molecule has 2 aromatic rings. The highest BCUT2D eigenvalue weighted by Gasteiger charge is 2.44. The van der Waals surface area contributed by atoms with Crippen LogP contribution in [-0.4, -0.2) is 40.4 Å². The molecule has 0 aromatic heterocycles. The van der Waals surface area contributed by atoms with E-state index in [1.807, 2.05) is 0 Å². The molecule has 226 valence electrons. The van der Waals surface area contributed by atoms with Crippen LogP contribution in [-0.2, 0) is 0 Å². The van der Waals surface area contributed by atoms with E-state index < -0.39 is 11.8 Å². The molecule has 7 atom stereocenters. The van der Waals surface area contributed by atoms with Gasteiger partial charge in [0.25, 0.3) is 23.6 Å². The second-order valence-electron chi connectivity index (χ2n) is 13.8. The van der Waals surface area contributed by atoms with E-state index in [1.54, 1.807) is 12.1 Å². The molecule has 2 heterocycles. The predicted octanol–water partition coefficient (Wildman–Crippen LogP) is 6.69. The Morgan fingerprint density at radius 1 is 0.791 bits per heavy atom. The van der Waals surface area contributed by atoms with Gasteiger partial charge in [-0.15, -0.1) is 0 Å². The number of imide groups is 2. The zero-order chi connectivity index (χ0) is 30.6. The van der Waals surface area contributed by atoms with Crippen LogP contribution in [0.1, 0.15) is 136 Å². The summed E-state index contributed by atoms with van der Waals surface area (Å²) in [6.45, 7) is 9.32. The lowest BCUT2D eigenvalue weighted by Crippen LogP contribution is -2.46. The smallest absolute Gasteiger partial charge is 0.261 e. The summed E-state index contributed by atoms with van der Waals surface area (Å²) >= 11 is 0. The van der Waals surface area contributed by atoms with E-state index >= 15 is 0 Å². The number of hydrogen-bond donors (Lipinski definition) is 1. The first-order valence-electron chi connectivity index (χ1n) is 16.1. The van der Waals surface area contributed by atoms with Crippen LogP contribution in [0.5, 0.6) is 0 Å². The van der Waals surface area contributed by atoms with Gasteiger partial charge in [-0.1, -0.05) is 52.7 Å². The van der Waals surface area contributed by atoms with E-state index in [-0.39, 0.29) is 57.4 Å². The fourth-order valence-electron chi connectivity index (χ4n) is 8.63. The Hall–Kier alpha value is -3.61. The molecule has 2 aliphatic heterocycles. The van der Waals surface area contributed by atoms with Crippen molar-refractivity contribution < 1.29 is 24.0 Å². The van der Waals surface area contributed by atoms with E-state index in [2.05, 4.69) is 33.0 Å². The third kappa shape index (κ3) is 5.25. The zero-order valence-corrected chi connectivity index (χ0v) is 25.7. The van der Waals surface area contributed by atoms with E-state index in [9.17, 15) is 24.0 Å². The fourth-order valence-corrected chi connectivity index (χ4v) is 8.63. The molecule has 43 heavy (non-hydrogen) atoms. The molecule has 4 aliphatic rings. The molecule has 1 N–H and O–H groups in total. The van der Waals surface area contributed by atoms with Crippen molar-refractivity contribution in [3.05, 3.63) is 69.8 Å². The van der Waals surface area contributed by atoms with Gasteiger partial charge in [0.2, 0.25) is 0 Å². The van der Waals surface area contributed by atoms with Crippen LogP contribution in [0.4, 0.5) is 0 Å². The molecule has 7 unspecified atom stereocenters. The highest BCUT2D eigenvalue weighted by atomic mass is 16.2. The second kappa shape index (κ2) is 11.5. The van der Waals surface area contributed by atoms with Crippen molar-refractivity contribution in [3.8, 4) is 0 Å². The van der Waals surface area contributed by atoms with Gasteiger partial charge in [0.05, 0.1) is 22.3 Å². The molecule has 7 nitrogen and oxygen atoms in total. The van der Waals surface area contributed by atoms with Gasteiger partial charge in [-0.3, -0.25) is 34.2 Å². The monoisotopic (exact) mass is 582 g/mol. The zero-order valence-electron chi connectivity index (χ0n) is 25.7. The van der Waals surface area contributed by atoms with Crippen molar-refractivity contribution in [2.24, 2.45) is 35.5 Å². The van der Waals surface area contributed by atoms with Crippen molar-refractivity contribution in [2.45, 2.75) is 85.1 Å². The van der Waals surface area contributed by atoms with Crippen molar-refractivity contribution in [2.75, 3.05) is 0 Å². The quantitative estimate of drug-likeness (QED) is 0.290. The van der Waals surface area contributed by atoms with E-state index in [0.29, 0.717) is 11.5 Å². The number of amides is 4. The molecule has 2 aromatic carbocycles. The van der Waals surface area contributed by atoms with Crippen LogP contribution >= 0.6 is 0 Å². The van der Waals surface area contributed by atoms with Crippen LogP contribution in [0.2, 0.25) is 0 Å². The highest BCUT2D eigenvalue weighted by Crippen LogP contribution is 2.44. The number of rotatable bonds is 7. The third-order valence-corrected chi connectivity index (χ3v) is 11.1. The Morgan fingerprint density at radius 3 is 2.02 bits per heavy atom. The summed E-state index contributed by atoms with van der Waals surface area (Å²) in [6.07, 6.45) is 9.36. The number of fused-ring (bicyclic) bond motifs is 2. The molecule has 7 heteroatoms. The molecule has 0 bridgehead atoms. The summed E-state index contributed by atoms with van der Waals surface area (Å²) in [6, 6.07) is 8.86. The number of nitrogens with one attached hydrogen (secondary N) is 1. The maximum Gasteiger partial charge on any atom is 0.261 e. The Bertz CT molecular complexity index is 1510. The number of carbonyl (C=O) groups excluding carboxylic acids is 5. The van der Waals surface area contributed by atoms with Crippen LogP contribution in [0.15, 0.2) is 36.4 Å².